The van der Waals surface area contributed by atoms with Gasteiger partial charge in [0.2, 0.25) is 0 Å². The first-order valence-electron chi connectivity index (χ1n) is 6.06. The number of aliphatic hydroxyl groups is 1. The average molecular weight is 258 g/mol. The lowest BCUT2D eigenvalue weighted by molar-refractivity contribution is 0.0587. The van der Waals surface area contributed by atoms with Gasteiger partial charge in [0.05, 0.1) is 11.8 Å². The van der Waals surface area contributed by atoms with Crippen molar-refractivity contribution in [1.29, 1.82) is 0 Å². The number of aromatic nitrogens is 2. The molecule has 1 aliphatic rings. The minimum atomic E-state index is -0.317. The lowest BCUT2D eigenvalue weighted by Crippen LogP contribution is -2.39. The van der Waals surface area contributed by atoms with Crippen LogP contribution in [-0.2, 0) is 13.5 Å². The fourth-order valence-corrected chi connectivity index (χ4v) is 3.10. The highest BCUT2D eigenvalue weighted by atomic mass is 35.5. The predicted octanol–water partition coefficient (Wildman–Crippen LogP) is 1.41. The molecule has 0 saturated heterocycles. The first-order valence-corrected chi connectivity index (χ1v) is 6.44. The highest BCUT2D eigenvalue weighted by Gasteiger charge is 2.41. The van der Waals surface area contributed by atoms with Gasteiger partial charge in [0.15, 0.2) is 0 Å². The highest BCUT2D eigenvalue weighted by Crippen LogP contribution is 2.41. The maximum absolute atomic E-state index is 10.1. The van der Waals surface area contributed by atoms with Crippen LogP contribution >= 0.6 is 11.6 Å². The van der Waals surface area contributed by atoms with Crippen LogP contribution in [0.1, 0.15) is 30.5 Å². The second-order valence-electron chi connectivity index (χ2n) is 5.13. The molecule has 0 spiro atoms. The van der Waals surface area contributed by atoms with Gasteiger partial charge in [-0.15, -0.1) is 0 Å². The van der Waals surface area contributed by atoms with Crippen LogP contribution in [0.2, 0.25) is 5.15 Å². The molecule has 2 rings (SSSR count). The molecule has 0 bridgehead atoms. The maximum Gasteiger partial charge on any atom is 0.130 e. The average Bonchev–Trinajstić information content (AvgIpc) is 2.76. The summed E-state index contributed by atoms with van der Waals surface area (Å²) in [5.74, 6) is 0. The lowest BCUT2D eigenvalue weighted by Gasteiger charge is -2.31. The topological polar surface area (TPSA) is 64.1 Å². The van der Waals surface area contributed by atoms with E-state index >= 15 is 0 Å². The third kappa shape index (κ3) is 2.09. The molecule has 3 N–H and O–H groups in total. The molecule has 1 aromatic rings. The van der Waals surface area contributed by atoms with Crippen LogP contribution in [0.4, 0.5) is 0 Å². The minimum absolute atomic E-state index is 0.211. The third-order valence-corrected chi connectivity index (χ3v) is 4.54. The van der Waals surface area contributed by atoms with E-state index in [1.165, 1.54) is 0 Å². The number of halogens is 1. The lowest BCUT2D eigenvalue weighted by atomic mass is 9.78. The first kappa shape index (κ1) is 12.9. The van der Waals surface area contributed by atoms with Crippen molar-refractivity contribution in [3.05, 3.63) is 16.4 Å². The largest absolute Gasteiger partial charge is 0.392 e. The molecule has 2 atom stereocenters. The molecule has 1 aromatic heterocycles. The van der Waals surface area contributed by atoms with Gasteiger partial charge in [0.25, 0.3) is 0 Å². The van der Waals surface area contributed by atoms with Gasteiger partial charge >= 0.3 is 0 Å². The summed E-state index contributed by atoms with van der Waals surface area (Å²) in [5.41, 5.74) is 7.64. The number of aryl methyl sites for hydroxylation is 2. The van der Waals surface area contributed by atoms with Crippen LogP contribution in [0.25, 0.3) is 0 Å². The van der Waals surface area contributed by atoms with Crippen molar-refractivity contribution in [3.8, 4) is 0 Å². The molecule has 17 heavy (non-hydrogen) atoms. The second kappa shape index (κ2) is 4.59. The molecule has 1 fully saturated rings. The summed E-state index contributed by atoms with van der Waals surface area (Å²) < 4.78 is 1.68. The number of nitrogens with two attached hydrogens (primary N) is 1. The van der Waals surface area contributed by atoms with Gasteiger partial charge in [-0.1, -0.05) is 18.0 Å². The van der Waals surface area contributed by atoms with Crippen LogP contribution in [0.15, 0.2) is 0 Å². The Bertz CT molecular complexity index is 418. The predicted molar refractivity (Wildman–Crippen MR) is 68.0 cm³/mol. The molecule has 0 aromatic carbocycles. The zero-order valence-corrected chi connectivity index (χ0v) is 11.2. The summed E-state index contributed by atoms with van der Waals surface area (Å²) in [5, 5.41) is 15.1. The highest BCUT2D eigenvalue weighted by molar-refractivity contribution is 6.30. The fourth-order valence-electron chi connectivity index (χ4n) is 2.86. The summed E-state index contributed by atoms with van der Waals surface area (Å²) in [4.78, 5) is 0. The Morgan fingerprint density at radius 3 is 2.76 bits per heavy atom. The molecule has 2 unspecified atom stereocenters. The Labute approximate surface area is 107 Å². The van der Waals surface area contributed by atoms with E-state index in [1.54, 1.807) is 4.68 Å². The van der Waals surface area contributed by atoms with Crippen molar-refractivity contribution in [1.82, 2.24) is 9.78 Å². The zero-order chi connectivity index (χ0) is 12.6. The Hall–Kier alpha value is -0.580. The Kier molecular flexibility index (Phi) is 3.48. The molecule has 96 valence electrons. The van der Waals surface area contributed by atoms with Gasteiger partial charge < -0.3 is 10.8 Å². The van der Waals surface area contributed by atoms with E-state index in [1.807, 2.05) is 14.0 Å². The first-order chi connectivity index (χ1) is 8.00. The molecule has 0 amide bonds. The van der Waals surface area contributed by atoms with E-state index in [9.17, 15) is 5.11 Å². The minimum Gasteiger partial charge on any atom is -0.392 e. The van der Waals surface area contributed by atoms with Crippen molar-refractivity contribution >= 4 is 11.6 Å². The number of hydrogen-bond acceptors (Lipinski definition) is 3. The summed E-state index contributed by atoms with van der Waals surface area (Å²) in [6.45, 7) is 2.45. The van der Waals surface area contributed by atoms with Gasteiger partial charge in [0, 0.05) is 24.6 Å². The molecule has 4 nitrogen and oxygen atoms in total. The molecule has 1 saturated carbocycles. The molecular weight excluding hydrogens is 238 g/mol. The number of hydrogen-bond donors (Lipinski definition) is 2. The van der Waals surface area contributed by atoms with E-state index in [0.717, 1.165) is 36.9 Å². The van der Waals surface area contributed by atoms with E-state index in [2.05, 4.69) is 5.10 Å². The van der Waals surface area contributed by atoms with Gasteiger partial charge in [-0.05, 0) is 26.2 Å². The van der Waals surface area contributed by atoms with Crippen molar-refractivity contribution in [2.75, 3.05) is 6.54 Å². The zero-order valence-electron chi connectivity index (χ0n) is 10.4. The molecular formula is C12H20ClN3O. The summed E-state index contributed by atoms with van der Waals surface area (Å²) in [7, 11) is 1.83. The molecule has 0 aliphatic heterocycles. The SMILES string of the molecule is Cc1nn(C)c(Cl)c1CC1(CN)CCCC1O. The molecule has 1 aliphatic carbocycles. The van der Waals surface area contributed by atoms with Crippen molar-refractivity contribution in [2.45, 2.75) is 38.7 Å². The standard InChI is InChI=1S/C12H20ClN3O/c1-8-9(11(13)16(2)15-8)6-12(7-14)5-3-4-10(12)17/h10,17H,3-7,14H2,1-2H3. The van der Waals surface area contributed by atoms with Gasteiger partial charge in [-0.3, -0.25) is 4.68 Å². The molecule has 5 heteroatoms. The van der Waals surface area contributed by atoms with Crippen LogP contribution in [0.5, 0.6) is 0 Å². The van der Waals surface area contributed by atoms with E-state index in [0.29, 0.717) is 11.7 Å². The third-order valence-electron chi connectivity index (χ3n) is 4.06. The fraction of sp³-hybridized carbons (Fsp3) is 0.750. The van der Waals surface area contributed by atoms with Crippen molar-refractivity contribution < 1.29 is 5.11 Å². The van der Waals surface area contributed by atoms with Crippen LogP contribution < -0.4 is 5.73 Å². The smallest absolute Gasteiger partial charge is 0.130 e. The number of aliphatic hydroxyl groups excluding tert-OH is 1. The summed E-state index contributed by atoms with van der Waals surface area (Å²) in [6, 6.07) is 0. The van der Waals surface area contributed by atoms with Crippen LogP contribution in [0, 0.1) is 12.3 Å². The van der Waals surface area contributed by atoms with Crippen molar-refractivity contribution in [2.24, 2.45) is 18.2 Å². The Morgan fingerprint density at radius 2 is 2.35 bits per heavy atom. The van der Waals surface area contributed by atoms with Gasteiger partial charge in [-0.2, -0.15) is 5.10 Å². The second-order valence-corrected chi connectivity index (χ2v) is 5.49. The van der Waals surface area contributed by atoms with Gasteiger partial charge in [0.1, 0.15) is 5.15 Å². The van der Waals surface area contributed by atoms with E-state index in [-0.39, 0.29) is 11.5 Å². The van der Waals surface area contributed by atoms with E-state index in [4.69, 9.17) is 17.3 Å². The normalized spacial score (nSPS) is 28.9. The van der Waals surface area contributed by atoms with Crippen molar-refractivity contribution in [3.63, 3.8) is 0 Å². The quantitative estimate of drug-likeness (QED) is 0.861. The summed E-state index contributed by atoms with van der Waals surface area (Å²) >= 11 is 6.24. The summed E-state index contributed by atoms with van der Waals surface area (Å²) in [6.07, 6.45) is 3.25. The van der Waals surface area contributed by atoms with Crippen LogP contribution in [0.3, 0.4) is 0 Å². The molecule has 0 radical (unpaired) electrons. The van der Waals surface area contributed by atoms with Crippen LogP contribution in [-0.4, -0.2) is 27.5 Å². The molecule has 1 heterocycles. The number of rotatable bonds is 3. The monoisotopic (exact) mass is 257 g/mol. The number of nitrogens with zero attached hydrogens (tertiary/aromatic N) is 2. The Morgan fingerprint density at radius 1 is 1.65 bits per heavy atom. The van der Waals surface area contributed by atoms with Gasteiger partial charge in [-0.25, -0.2) is 0 Å². The Balaban J connectivity index is 2.30. The van der Waals surface area contributed by atoms with E-state index < -0.39 is 0 Å². The maximum atomic E-state index is 10.1.